The highest BCUT2D eigenvalue weighted by Crippen LogP contribution is 2.26. The van der Waals surface area contributed by atoms with E-state index in [-0.39, 0.29) is 5.69 Å². The molecule has 20 heavy (non-hydrogen) atoms. The molecule has 2 aromatic carbocycles. The fraction of sp³-hybridized carbons (Fsp3) is 0. The molecule has 0 fully saturated rings. The van der Waals surface area contributed by atoms with Crippen LogP contribution in [0.15, 0.2) is 42.5 Å². The number of carbonyl (C=O) groups is 1. The number of ether oxygens (including phenoxy) is 1. The molecule has 0 aliphatic carbocycles. The maximum Gasteiger partial charge on any atom is 0.316 e. The predicted molar refractivity (Wildman–Crippen MR) is 70.8 cm³/mol. The van der Waals surface area contributed by atoms with Gasteiger partial charge in [-0.05, 0) is 36.4 Å². The number of primary amides is 1. The minimum Gasteiger partial charge on any atom is -0.457 e. The molecule has 5 nitrogen and oxygen atoms in total. The zero-order chi connectivity index (χ0) is 14.5. The number of hydrogen-bond acceptors (Lipinski definition) is 3. The van der Waals surface area contributed by atoms with Gasteiger partial charge in [0.1, 0.15) is 17.3 Å². The maximum atomic E-state index is 13.4. The number of urea groups is 1. The smallest absolute Gasteiger partial charge is 0.316 e. The number of nitrogens with zero attached hydrogens (tertiary/aromatic N) is 1. The highest BCUT2D eigenvalue weighted by Gasteiger charge is 2.07. The van der Waals surface area contributed by atoms with E-state index < -0.39 is 11.8 Å². The van der Waals surface area contributed by atoms with Gasteiger partial charge in [0.2, 0.25) is 0 Å². The zero-order valence-corrected chi connectivity index (χ0v) is 10.3. The number of hydrogen-bond donors (Lipinski definition) is 2. The molecule has 2 rings (SSSR count). The monoisotopic (exact) mass is 271 g/mol. The third-order valence-electron chi connectivity index (χ3n) is 2.41. The van der Waals surface area contributed by atoms with Gasteiger partial charge in [0.05, 0.1) is 17.3 Å². The second-order valence-corrected chi connectivity index (χ2v) is 3.87. The Bertz CT molecular complexity index is 678. The molecular formula is C14H10FN3O2. The first-order valence-electron chi connectivity index (χ1n) is 5.62. The van der Waals surface area contributed by atoms with E-state index in [1.165, 1.54) is 12.1 Å². The molecule has 0 saturated heterocycles. The minimum atomic E-state index is -0.862. The SMILES string of the molecule is N#Cc1ccc(Oc2ccc(F)c(NC(N)=O)c2)cc1. The lowest BCUT2D eigenvalue weighted by Gasteiger charge is -2.08. The highest BCUT2D eigenvalue weighted by molar-refractivity contribution is 5.88. The van der Waals surface area contributed by atoms with Crippen LogP contribution in [0.3, 0.4) is 0 Å². The van der Waals surface area contributed by atoms with Crippen LogP contribution in [0.1, 0.15) is 5.56 Å². The van der Waals surface area contributed by atoms with Gasteiger partial charge in [0.15, 0.2) is 0 Å². The van der Waals surface area contributed by atoms with Crippen LogP contribution < -0.4 is 15.8 Å². The lowest BCUT2D eigenvalue weighted by atomic mass is 10.2. The molecule has 3 N–H and O–H groups in total. The van der Waals surface area contributed by atoms with Gasteiger partial charge in [-0.15, -0.1) is 0 Å². The van der Waals surface area contributed by atoms with E-state index in [0.717, 1.165) is 6.07 Å². The summed E-state index contributed by atoms with van der Waals surface area (Å²) in [6.45, 7) is 0. The summed E-state index contributed by atoms with van der Waals surface area (Å²) in [7, 11) is 0. The molecule has 0 radical (unpaired) electrons. The van der Waals surface area contributed by atoms with E-state index in [9.17, 15) is 9.18 Å². The highest BCUT2D eigenvalue weighted by atomic mass is 19.1. The van der Waals surface area contributed by atoms with Crippen molar-refractivity contribution >= 4 is 11.7 Å². The number of benzene rings is 2. The van der Waals surface area contributed by atoms with Gasteiger partial charge in [-0.2, -0.15) is 5.26 Å². The molecule has 0 atom stereocenters. The Kier molecular flexibility index (Phi) is 3.82. The molecule has 0 saturated carbocycles. The number of carbonyl (C=O) groups excluding carboxylic acids is 1. The second kappa shape index (κ2) is 5.71. The number of nitriles is 1. The van der Waals surface area contributed by atoms with Gasteiger partial charge in [0, 0.05) is 6.07 Å². The molecule has 0 aliphatic heterocycles. The summed E-state index contributed by atoms with van der Waals surface area (Å²) in [5.74, 6) is 0.205. The Morgan fingerprint density at radius 1 is 1.20 bits per heavy atom. The van der Waals surface area contributed by atoms with Crippen molar-refractivity contribution in [3.63, 3.8) is 0 Å². The minimum absolute atomic E-state index is 0.0661. The summed E-state index contributed by atoms with van der Waals surface area (Å²) in [5.41, 5.74) is 5.38. The molecule has 0 heterocycles. The third kappa shape index (κ3) is 3.23. The van der Waals surface area contributed by atoms with Crippen molar-refractivity contribution in [2.75, 3.05) is 5.32 Å². The Hall–Kier alpha value is -3.07. The lowest BCUT2D eigenvalue weighted by molar-refractivity contribution is 0.259. The zero-order valence-electron chi connectivity index (χ0n) is 10.3. The molecule has 0 aromatic heterocycles. The molecule has 0 aliphatic rings. The number of halogens is 1. The van der Waals surface area contributed by atoms with Gasteiger partial charge in [-0.25, -0.2) is 9.18 Å². The Balaban J connectivity index is 2.20. The van der Waals surface area contributed by atoms with Crippen molar-refractivity contribution in [1.82, 2.24) is 0 Å². The van der Waals surface area contributed by atoms with Crippen molar-refractivity contribution in [3.05, 3.63) is 53.8 Å². The van der Waals surface area contributed by atoms with Crippen molar-refractivity contribution in [2.45, 2.75) is 0 Å². The Morgan fingerprint density at radius 3 is 2.45 bits per heavy atom. The van der Waals surface area contributed by atoms with Crippen LogP contribution in [0.2, 0.25) is 0 Å². The first-order chi connectivity index (χ1) is 9.58. The van der Waals surface area contributed by atoms with Gasteiger partial charge >= 0.3 is 6.03 Å². The van der Waals surface area contributed by atoms with Crippen LogP contribution in [0.25, 0.3) is 0 Å². The van der Waals surface area contributed by atoms with E-state index in [1.54, 1.807) is 24.3 Å². The van der Waals surface area contributed by atoms with E-state index in [2.05, 4.69) is 5.32 Å². The topological polar surface area (TPSA) is 88.1 Å². The van der Waals surface area contributed by atoms with Crippen LogP contribution in [0.5, 0.6) is 11.5 Å². The maximum absolute atomic E-state index is 13.4. The molecule has 0 spiro atoms. The van der Waals surface area contributed by atoms with Crippen molar-refractivity contribution in [1.29, 1.82) is 5.26 Å². The first kappa shape index (κ1) is 13.4. The van der Waals surface area contributed by atoms with Crippen molar-refractivity contribution in [2.24, 2.45) is 5.73 Å². The molecular weight excluding hydrogens is 261 g/mol. The summed E-state index contributed by atoms with van der Waals surface area (Å²) in [5, 5.41) is 10.8. The van der Waals surface area contributed by atoms with Crippen LogP contribution >= 0.6 is 0 Å². The lowest BCUT2D eigenvalue weighted by Crippen LogP contribution is -2.20. The first-order valence-corrected chi connectivity index (χ1v) is 5.62. The predicted octanol–water partition coefficient (Wildman–Crippen LogP) is 2.98. The van der Waals surface area contributed by atoms with Gasteiger partial charge in [-0.1, -0.05) is 0 Å². The van der Waals surface area contributed by atoms with Crippen LogP contribution in [-0.2, 0) is 0 Å². The number of amides is 2. The van der Waals surface area contributed by atoms with Crippen LogP contribution in [0.4, 0.5) is 14.9 Å². The number of nitrogens with one attached hydrogen (secondary N) is 1. The summed E-state index contributed by atoms with van der Waals surface area (Å²) < 4.78 is 18.9. The molecule has 100 valence electrons. The van der Waals surface area contributed by atoms with Crippen molar-refractivity contribution < 1.29 is 13.9 Å². The summed E-state index contributed by atoms with van der Waals surface area (Å²) in [6.07, 6.45) is 0. The fourth-order valence-electron chi connectivity index (χ4n) is 1.53. The third-order valence-corrected chi connectivity index (χ3v) is 2.41. The van der Waals surface area contributed by atoms with E-state index in [4.69, 9.17) is 15.7 Å². The van der Waals surface area contributed by atoms with Crippen molar-refractivity contribution in [3.8, 4) is 17.6 Å². The number of anilines is 1. The quantitative estimate of drug-likeness (QED) is 0.899. The molecule has 6 heteroatoms. The molecule has 0 bridgehead atoms. The molecule has 0 unspecified atom stereocenters. The summed E-state index contributed by atoms with van der Waals surface area (Å²) >= 11 is 0. The largest absolute Gasteiger partial charge is 0.457 e. The Labute approximate surface area is 114 Å². The van der Waals surface area contributed by atoms with Gasteiger partial charge in [0.25, 0.3) is 0 Å². The van der Waals surface area contributed by atoms with Crippen LogP contribution in [-0.4, -0.2) is 6.03 Å². The second-order valence-electron chi connectivity index (χ2n) is 3.87. The fourth-order valence-corrected chi connectivity index (χ4v) is 1.53. The number of nitrogens with two attached hydrogens (primary N) is 1. The van der Waals surface area contributed by atoms with Gasteiger partial charge < -0.3 is 15.8 Å². The summed E-state index contributed by atoms with van der Waals surface area (Å²) in [4.78, 5) is 10.7. The average Bonchev–Trinajstić information content (AvgIpc) is 2.43. The summed E-state index contributed by atoms with van der Waals surface area (Å²) in [6, 6.07) is 11.4. The van der Waals surface area contributed by atoms with E-state index >= 15 is 0 Å². The van der Waals surface area contributed by atoms with Crippen LogP contribution in [0, 0.1) is 17.1 Å². The van der Waals surface area contributed by atoms with E-state index in [0.29, 0.717) is 17.1 Å². The molecule has 2 aromatic rings. The standard InChI is InChI=1S/C14H10FN3O2/c15-12-6-5-11(7-13(12)18-14(17)19)20-10-3-1-9(8-16)2-4-10/h1-7H,(H3,17,18,19). The van der Waals surface area contributed by atoms with E-state index in [1.807, 2.05) is 6.07 Å². The van der Waals surface area contributed by atoms with Gasteiger partial charge in [-0.3, -0.25) is 0 Å². The average molecular weight is 271 g/mol. The Morgan fingerprint density at radius 2 is 1.85 bits per heavy atom. The molecule has 2 amide bonds. The number of rotatable bonds is 3. The normalized spacial score (nSPS) is 9.60.